The molecule has 3 rings (SSSR count). The van der Waals surface area contributed by atoms with E-state index in [4.69, 9.17) is 0 Å². The minimum atomic E-state index is 0.577. The Morgan fingerprint density at radius 2 is 1.52 bits per heavy atom. The van der Waals surface area contributed by atoms with Crippen LogP contribution in [0.4, 0.5) is 28.8 Å². The van der Waals surface area contributed by atoms with Crippen molar-refractivity contribution >= 4 is 28.8 Å². The van der Waals surface area contributed by atoms with Crippen LogP contribution in [0.2, 0.25) is 0 Å². The summed E-state index contributed by atoms with van der Waals surface area (Å²) >= 11 is 0. The molecule has 0 spiro atoms. The van der Waals surface area contributed by atoms with Crippen molar-refractivity contribution in [1.29, 1.82) is 0 Å². The van der Waals surface area contributed by atoms with Crippen molar-refractivity contribution < 1.29 is 0 Å². The van der Waals surface area contributed by atoms with Crippen LogP contribution in [0.1, 0.15) is 20.8 Å². The van der Waals surface area contributed by atoms with Crippen LogP contribution in [0.3, 0.4) is 0 Å². The Labute approximate surface area is 160 Å². The van der Waals surface area contributed by atoms with Gasteiger partial charge in [-0.2, -0.15) is 10.1 Å². The number of benzene rings is 2. The summed E-state index contributed by atoms with van der Waals surface area (Å²) in [6.07, 6.45) is 1.64. The number of para-hydroxylation sites is 1. The van der Waals surface area contributed by atoms with Gasteiger partial charge in [0, 0.05) is 36.7 Å². The topological polar surface area (TPSA) is 57.2 Å². The highest BCUT2D eigenvalue weighted by Gasteiger charge is 2.11. The summed E-state index contributed by atoms with van der Waals surface area (Å²) in [6.45, 7) is 9.14. The molecule has 1 aromatic heterocycles. The number of nitrogens with zero attached hydrogens (tertiary/aromatic N) is 5. The van der Waals surface area contributed by atoms with E-state index in [1.54, 1.807) is 6.20 Å². The molecule has 140 valence electrons. The molecule has 0 radical (unpaired) electrons. The summed E-state index contributed by atoms with van der Waals surface area (Å²) in [5.41, 5.74) is 3.23. The number of aromatic nitrogens is 3. The van der Waals surface area contributed by atoms with E-state index in [0.29, 0.717) is 11.8 Å². The molecule has 0 amide bonds. The van der Waals surface area contributed by atoms with Crippen LogP contribution in [0, 0.1) is 0 Å². The Balaban J connectivity index is 1.78. The molecule has 0 aliphatic carbocycles. The molecule has 1 N–H and O–H groups in total. The summed E-state index contributed by atoms with van der Waals surface area (Å²) in [5, 5.41) is 11.6. The number of hydrogen-bond donors (Lipinski definition) is 1. The first-order valence-corrected chi connectivity index (χ1v) is 9.39. The molecule has 0 unspecified atom stereocenters. The molecule has 0 saturated carbocycles. The number of anilines is 5. The third kappa shape index (κ3) is 4.53. The van der Waals surface area contributed by atoms with Crippen LogP contribution >= 0.6 is 0 Å². The fraction of sp³-hybridized carbons (Fsp3) is 0.286. The van der Waals surface area contributed by atoms with Crippen molar-refractivity contribution in [3.05, 3.63) is 60.8 Å². The summed E-state index contributed by atoms with van der Waals surface area (Å²) in [5.74, 6) is 1.25. The fourth-order valence-electron chi connectivity index (χ4n) is 3.01. The van der Waals surface area contributed by atoms with Gasteiger partial charge in [-0.3, -0.25) is 0 Å². The molecule has 2 aromatic carbocycles. The molecule has 1 heterocycles. The predicted molar refractivity (Wildman–Crippen MR) is 112 cm³/mol. The summed E-state index contributed by atoms with van der Waals surface area (Å²) < 4.78 is 0. The second kappa shape index (κ2) is 8.98. The molecular weight excluding hydrogens is 336 g/mol. The van der Waals surface area contributed by atoms with E-state index in [-0.39, 0.29) is 0 Å². The fourth-order valence-corrected chi connectivity index (χ4v) is 3.01. The summed E-state index contributed by atoms with van der Waals surface area (Å²) in [4.78, 5) is 8.98. The summed E-state index contributed by atoms with van der Waals surface area (Å²) in [7, 11) is 0. The minimum Gasteiger partial charge on any atom is -0.372 e. The highest BCUT2D eigenvalue weighted by molar-refractivity contribution is 5.62. The third-order valence-electron chi connectivity index (χ3n) is 4.44. The monoisotopic (exact) mass is 362 g/mol. The van der Waals surface area contributed by atoms with E-state index in [1.165, 1.54) is 5.69 Å². The Hall–Kier alpha value is -3.15. The molecule has 0 aliphatic heterocycles. The van der Waals surface area contributed by atoms with Gasteiger partial charge in [-0.25, -0.2) is 0 Å². The molecule has 0 aliphatic rings. The lowest BCUT2D eigenvalue weighted by molar-refractivity contribution is 0.866. The SMILES string of the molecule is CCN(CC)c1ccc(Nc2cnnc(N(CC)c3ccccc3)n2)cc1. The maximum atomic E-state index is 4.64. The average molecular weight is 362 g/mol. The zero-order valence-corrected chi connectivity index (χ0v) is 16.1. The van der Waals surface area contributed by atoms with Crippen molar-refractivity contribution in [3.63, 3.8) is 0 Å². The number of rotatable bonds is 8. The van der Waals surface area contributed by atoms with Gasteiger partial charge < -0.3 is 15.1 Å². The molecule has 0 saturated heterocycles. The maximum absolute atomic E-state index is 4.64. The van der Waals surface area contributed by atoms with E-state index in [2.05, 4.69) is 70.4 Å². The zero-order valence-electron chi connectivity index (χ0n) is 16.1. The molecule has 27 heavy (non-hydrogen) atoms. The van der Waals surface area contributed by atoms with Crippen LogP contribution in [0.5, 0.6) is 0 Å². The van der Waals surface area contributed by atoms with Gasteiger partial charge in [-0.05, 0) is 57.2 Å². The van der Waals surface area contributed by atoms with Gasteiger partial charge in [-0.15, -0.1) is 5.10 Å². The number of nitrogens with one attached hydrogen (secondary N) is 1. The molecular formula is C21H26N6. The van der Waals surface area contributed by atoms with Gasteiger partial charge in [0.2, 0.25) is 0 Å². The molecule has 0 fully saturated rings. The van der Waals surface area contributed by atoms with Crippen LogP contribution in [0.15, 0.2) is 60.8 Å². The van der Waals surface area contributed by atoms with Crippen LogP contribution in [-0.4, -0.2) is 34.8 Å². The standard InChI is InChI=1S/C21H26N6/c1-4-26(5-2)18-14-12-17(13-15-18)23-20-16-22-25-21(24-20)27(6-3)19-10-8-7-9-11-19/h7-16H,4-6H2,1-3H3,(H,23,24,25). The van der Waals surface area contributed by atoms with Crippen molar-refractivity contribution in [2.75, 3.05) is 34.8 Å². The lowest BCUT2D eigenvalue weighted by atomic mass is 10.2. The molecule has 0 atom stereocenters. The Morgan fingerprint density at radius 3 is 2.15 bits per heavy atom. The maximum Gasteiger partial charge on any atom is 0.251 e. The van der Waals surface area contributed by atoms with Crippen molar-refractivity contribution in [2.24, 2.45) is 0 Å². The van der Waals surface area contributed by atoms with Crippen molar-refractivity contribution in [1.82, 2.24) is 15.2 Å². The molecule has 6 heteroatoms. The van der Waals surface area contributed by atoms with E-state index in [0.717, 1.165) is 31.0 Å². The van der Waals surface area contributed by atoms with Crippen molar-refractivity contribution in [3.8, 4) is 0 Å². The molecule has 3 aromatic rings. The largest absolute Gasteiger partial charge is 0.372 e. The van der Waals surface area contributed by atoms with Crippen molar-refractivity contribution in [2.45, 2.75) is 20.8 Å². The lowest BCUT2D eigenvalue weighted by Crippen LogP contribution is -2.21. The van der Waals surface area contributed by atoms with Crippen LogP contribution in [0.25, 0.3) is 0 Å². The zero-order chi connectivity index (χ0) is 19.1. The van der Waals surface area contributed by atoms with E-state index >= 15 is 0 Å². The Morgan fingerprint density at radius 1 is 0.815 bits per heavy atom. The highest BCUT2D eigenvalue weighted by atomic mass is 15.3. The first-order valence-electron chi connectivity index (χ1n) is 9.39. The normalized spacial score (nSPS) is 10.5. The van der Waals surface area contributed by atoms with Gasteiger partial charge in [0.1, 0.15) is 0 Å². The molecule has 0 bridgehead atoms. The summed E-state index contributed by atoms with van der Waals surface area (Å²) in [6, 6.07) is 18.4. The van der Waals surface area contributed by atoms with Gasteiger partial charge >= 0.3 is 0 Å². The number of hydrogen-bond acceptors (Lipinski definition) is 6. The van der Waals surface area contributed by atoms with Gasteiger partial charge in [0.15, 0.2) is 5.82 Å². The van der Waals surface area contributed by atoms with E-state index < -0.39 is 0 Å². The van der Waals surface area contributed by atoms with E-state index in [1.807, 2.05) is 35.2 Å². The third-order valence-corrected chi connectivity index (χ3v) is 4.44. The Kier molecular flexibility index (Phi) is 6.20. The first-order chi connectivity index (χ1) is 13.2. The molecule has 6 nitrogen and oxygen atoms in total. The highest BCUT2D eigenvalue weighted by Crippen LogP contribution is 2.23. The first kappa shape index (κ1) is 18.6. The second-order valence-corrected chi connectivity index (χ2v) is 6.07. The van der Waals surface area contributed by atoms with E-state index in [9.17, 15) is 0 Å². The minimum absolute atomic E-state index is 0.577. The van der Waals surface area contributed by atoms with Crippen LogP contribution in [-0.2, 0) is 0 Å². The van der Waals surface area contributed by atoms with Crippen LogP contribution < -0.4 is 15.1 Å². The second-order valence-electron chi connectivity index (χ2n) is 6.07. The smallest absolute Gasteiger partial charge is 0.251 e. The lowest BCUT2D eigenvalue weighted by Gasteiger charge is -2.21. The predicted octanol–water partition coefficient (Wildman–Crippen LogP) is 4.62. The average Bonchev–Trinajstić information content (AvgIpc) is 2.72. The quantitative estimate of drug-likeness (QED) is 0.631. The van der Waals surface area contributed by atoms with Gasteiger partial charge in [-0.1, -0.05) is 18.2 Å². The van der Waals surface area contributed by atoms with Gasteiger partial charge in [0.25, 0.3) is 5.95 Å². The Bertz CT molecular complexity index is 831. The van der Waals surface area contributed by atoms with Gasteiger partial charge in [0.05, 0.1) is 6.20 Å².